The summed E-state index contributed by atoms with van der Waals surface area (Å²) in [5.74, 6) is 0.231. The van der Waals surface area contributed by atoms with E-state index in [1.165, 1.54) is 0 Å². The number of hydrogen-bond acceptors (Lipinski definition) is 4. The lowest BCUT2D eigenvalue weighted by Crippen LogP contribution is -2.16. The fourth-order valence-corrected chi connectivity index (χ4v) is 2.01. The first kappa shape index (κ1) is 13.9. The van der Waals surface area contributed by atoms with Crippen molar-refractivity contribution >= 4 is 16.8 Å². The zero-order valence-electron chi connectivity index (χ0n) is 9.99. The van der Waals surface area contributed by atoms with Gasteiger partial charge in [0.1, 0.15) is 5.76 Å². The summed E-state index contributed by atoms with van der Waals surface area (Å²) in [6, 6.07) is 1.72. The van der Waals surface area contributed by atoms with E-state index in [2.05, 4.69) is 5.32 Å². The molecule has 0 bridgehead atoms. The first-order valence-corrected chi connectivity index (χ1v) is 7.06. The Hall–Kier alpha value is -1.14. The van der Waals surface area contributed by atoms with Gasteiger partial charge in [0.2, 0.25) is 5.76 Å². The van der Waals surface area contributed by atoms with Crippen molar-refractivity contribution in [3.05, 3.63) is 23.2 Å². The van der Waals surface area contributed by atoms with Crippen LogP contribution in [0.2, 0.25) is 0 Å². The van der Waals surface area contributed by atoms with Crippen LogP contribution in [0, 0.1) is 6.92 Å². The van der Waals surface area contributed by atoms with E-state index in [0.717, 1.165) is 13.0 Å². The number of furan rings is 1. The van der Waals surface area contributed by atoms with Gasteiger partial charge in [-0.05, 0) is 26.0 Å². The van der Waals surface area contributed by atoms with Gasteiger partial charge in [-0.2, -0.15) is 0 Å². The topological polar surface area (TPSA) is 79.5 Å². The molecule has 0 saturated carbocycles. The lowest BCUT2D eigenvalue weighted by atomic mass is 10.2. The Kier molecular flexibility index (Phi) is 5.37. The number of carboxylic acid groups (broad SMARTS) is 1. The minimum absolute atomic E-state index is 0.00328. The zero-order valence-corrected chi connectivity index (χ0v) is 10.8. The molecular formula is C11H17NO4S. The van der Waals surface area contributed by atoms with Crippen molar-refractivity contribution in [1.82, 2.24) is 5.32 Å². The van der Waals surface area contributed by atoms with Gasteiger partial charge in [0.25, 0.3) is 0 Å². The van der Waals surface area contributed by atoms with Crippen LogP contribution in [-0.2, 0) is 17.3 Å². The monoisotopic (exact) mass is 259 g/mol. The maximum absolute atomic E-state index is 10.8. The number of carbonyl (C=O) groups is 1. The van der Waals surface area contributed by atoms with Crippen molar-refractivity contribution in [3.63, 3.8) is 0 Å². The molecule has 1 aromatic heterocycles. The number of aromatic carboxylic acids is 1. The van der Waals surface area contributed by atoms with Crippen molar-refractivity contribution < 1.29 is 18.5 Å². The molecule has 0 amide bonds. The number of rotatable bonds is 7. The Balaban J connectivity index is 2.35. The van der Waals surface area contributed by atoms with E-state index in [-0.39, 0.29) is 5.76 Å². The minimum Gasteiger partial charge on any atom is -0.475 e. The molecule has 0 fully saturated rings. The average Bonchev–Trinajstić information content (AvgIpc) is 2.59. The van der Waals surface area contributed by atoms with Crippen LogP contribution in [0.5, 0.6) is 0 Å². The van der Waals surface area contributed by atoms with Crippen LogP contribution < -0.4 is 5.32 Å². The highest BCUT2D eigenvalue weighted by Gasteiger charge is 2.13. The van der Waals surface area contributed by atoms with Gasteiger partial charge >= 0.3 is 5.97 Å². The summed E-state index contributed by atoms with van der Waals surface area (Å²) in [4.78, 5) is 10.7. The van der Waals surface area contributed by atoms with Gasteiger partial charge in [0.15, 0.2) is 0 Å². The fourth-order valence-electron chi connectivity index (χ4n) is 1.46. The molecule has 96 valence electrons. The molecule has 0 spiro atoms. The smallest absolute Gasteiger partial charge is 0.372 e. The average molecular weight is 259 g/mol. The number of carboxylic acids is 1. The highest BCUT2D eigenvalue weighted by Crippen LogP contribution is 2.14. The van der Waals surface area contributed by atoms with E-state index < -0.39 is 16.8 Å². The molecule has 1 unspecified atom stereocenters. The summed E-state index contributed by atoms with van der Waals surface area (Å²) in [6.07, 6.45) is 2.50. The van der Waals surface area contributed by atoms with Crippen LogP contribution in [0.1, 0.15) is 28.3 Å². The van der Waals surface area contributed by atoms with Crippen LogP contribution in [0.4, 0.5) is 0 Å². The van der Waals surface area contributed by atoms with E-state index in [4.69, 9.17) is 9.52 Å². The summed E-state index contributed by atoms with van der Waals surface area (Å²) >= 11 is 0. The van der Waals surface area contributed by atoms with Gasteiger partial charge in [-0.3, -0.25) is 4.21 Å². The molecule has 1 aromatic rings. The molecule has 0 aliphatic heterocycles. The van der Waals surface area contributed by atoms with Crippen molar-refractivity contribution in [3.8, 4) is 0 Å². The largest absolute Gasteiger partial charge is 0.475 e. The quantitative estimate of drug-likeness (QED) is 0.718. The van der Waals surface area contributed by atoms with E-state index in [1.807, 2.05) is 0 Å². The summed E-state index contributed by atoms with van der Waals surface area (Å²) in [6.45, 7) is 2.93. The molecule has 17 heavy (non-hydrogen) atoms. The number of nitrogens with one attached hydrogen (secondary N) is 1. The maximum atomic E-state index is 10.8. The van der Waals surface area contributed by atoms with Gasteiger partial charge in [-0.1, -0.05) is 0 Å². The van der Waals surface area contributed by atoms with Crippen LogP contribution in [0.3, 0.4) is 0 Å². The van der Waals surface area contributed by atoms with Crippen molar-refractivity contribution in [1.29, 1.82) is 0 Å². The predicted molar refractivity (Wildman–Crippen MR) is 65.7 cm³/mol. The Morgan fingerprint density at radius 1 is 1.59 bits per heavy atom. The highest BCUT2D eigenvalue weighted by atomic mass is 32.2. The molecule has 5 nitrogen and oxygen atoms in total. The molecule has 1 rings (SSSR count). The third-order valence-corrected chi connectivity index (χ3v) is 3.11. The molecular weight excluding hydrogens is 242 g/mol. The Morgan fingerprint density at radius 2 is 2.29 bits per heavy atom. The van der Waals surface area contributed by atoms with Crippen LogP contribution in [0.25, 0.3) is 0 Å². The molecule has 0 aromatic carbocycles. The molecule has 2 N–H and O–H groups in total. The number of aryl methyl sites for hydroxylation is 1. The second-order valence-corrected chi connectivity index (χ2v) is 5.39. The van der Waals surface area contributed by atoms with Crippen LogP contribution in [-0.4, -0.2) is 33.8 Å². The van der Waals surface area contributed by atoms with Crippen molar-refractivity contribution in [2.75, 3.05) is 18.6 Å². The fraction of sp³-hybridized carbons (Fsp3) is 0.545. The normalized spacial score (nSPS) is 12.6. The molecule has 0 radical (unpaired) electrons. The van der Waals surface area contributed by atoms with Gasteiger partial charge in [0.05, 0.1) is 6.54 Å². The third-order valence-electron chi connectivity index (χ3n) is 2.25. The van der Waals surface area contributed by atoms with Gasteiger partial charge < -0.3 is 14.8 Å². The lowest BCUT2D eigenvalue weighted by Gasteiger charge is -2.00. The first-order chi connectivity index (χ1) is 8.00. The van der Waals surface area contributed by atoms with Crippen LogP contribution >= 0.6 is 0 Å². The molecule has 0 aliphatic rings. The van der Waals surface area contributed by atoms with Crippen molar-refractivity contribution in [2.24, 2.45) is 0 Å². The molecule has 0 saturated heterocycles. The van der Waals surface area contributed by atoms with E-state index in [9.17, 15) is 9.00 Å². The lowest BCUT2D eigenvalue weighted by molar-refractivity contribution is 0.0659. The highest BCUT2D eigenvalue weighted by molar-refractivity contribution is 7.84. The summed E-state index contributed by atoms with van der Waals surface area (Å²) in [7, 11) is -0.760. The molecule has 1 atom stereocenters. The minimum atomic E-state index is -1.05. The van der Waals surface area contributed by atoms with E-state index >= 15 is 0 Å². The number of hydrogen-bond donors (Lipinski definition) is 2. The van der Waals surface area contributed by atoms with E-state index in [0.29, 0.717) is 23.6 Å². The Labute approximate surface area is 103 Å². The van der Waals surface area contributed by atoms with Crippen molar-refractivity contribution in [2.45, 2.75) is 19.9 Å². The van der Waals surface area contributed by atoms with Crippen LogP contribution in [0.15, 0.2) is 10.5 Å². The first-order valence-electron chi connectivity index (χ1n) is 5.34. The molecule has 1 heterocycles. The maximum Gasteiger partial charge on any atom is 0.372 e. The second-order valence-electron chi connectivity index (χ2n) is 3.84. The predicted octanol–water partition coefficient (Wildman–Crippen LogP) is 1.14. The SMILES string of the molecule is Cc1cc(CNCCCS(C)=O)oc1C(=O)O. The Bertz CT molecular complexity index is 414. The van der Waals surface area contributed by atoms with Gasteiger partial charge in [0, 0.05) is 28.4 Å². The standard InChI is InChI=1S/C11H17NO4S/c1-8-6-9(16-10(8)11(13)14)7-12-4-3-5-17(2)15/h6,12H,3-5,7H2,1-2H3,(H,13,14). The van der Waals surface area contributed by atoms with Gasteiger partial charge in [-0.25, -0.2) is 4.79 Å². The zero-order chi connectivity index (χ0) is 12.8. The summed E-state index contributed by atoms with van der Waals surface area (Å²) < 4.78 is 16.0. The summed E-state index contributed by atoms with van der Waals surface area (Å²) in [5.41, 5.74) is 0.629. The third kappa shape index (κ3) is 4.70. The Morgan fingerprint density at radius 3 is 2.82 bits per heavy atom. The second kappa shape index (κ2) is 6.56. The molecule has 0 aliphatic carbocycles. The van der Waals surface area contributed by atoms with E-state index in [1.54, 1.807) is 19.2 Å². The summed E-state index contributed by atoms with van der Waals surface area (Å²) in [5, 5.41) is 11.9. The molecule has 6 heteroatoms. The van der Waals surface area contributed by atoms with Gasteiger partial charge in [-0.15, -0.1) is 0 Å².